The molecule has 1 aromatic carbocycles. The van der Waals surface area contributed by atoms with Gasteiger partial charge in [0.2, 0.25) is 0 Å². The molecule has 0 bridgehead atoms. The summed E-state index contributed by atoms with van der Waals surface area (Å²) in [7, 11) is 0. The summed E-state index contributed by atoms with van der Waals surface area (Å²) < 4.78 is 7.18. The highest BCUT2D eigenvalue weighted by Crippen LogP contribution is 2.22. The number of rotatable bonds is 1. The number of fused-ring (bicyclic) bond motifs is 1. The van der Waals surface area contributed by atoms with Crippen molar-refractivity contribution in [3.8, 4) is 0 Å². The summed E-state index contributed by atoms with van der Waals surface area (Å²) in [6.07, 6.45) is 2.12. The Labute approximate surface area is 82.3 Å². The van der Waals surface area contributed by atoms with Crippen LogP contribution in [0.3, 0.4) is 0 Å². The molecule has 72 valence electrons. The van der Waals surface area contributed by atoms with E-state index in [-0.39, 0.29) is 0 Å². The maximum Gasteiger partial charge on any atom is 0.0985 e. The molecule has 3 nitrogen and oxygen atoms in total. The van der Waals surface area contributed by atoms with E-state index in [4.69, 9.17) is 4.74 Å². The van der Waals surface area contributed by atoms with Gasteiger partial charge in [0.25, 0.3) is 0 Å². The van der Waals surface area contributed by atoms with Crippen LogP contribution in [0.2, 0.25) is 0 Å². The second-order valence-electron chi connectivity index (χ2n) is 3.81. The molecule has 0 radical (unpaired) electrons. The van der Waals surface area contributed by atoms with Gasteiger partial charge >= 0.3 is 0 Å². The summed E-state index contributed by atoms with van der Waals surface area (Å²) in [6, 6.07) is 6.66. The Morgan fingerprint density at radius 1 is 1.43 bits per heavy atom. The number of benzene rings is 1. The average molecular weight is 188 g/mol. The molecule has 0 spiro atoms. The van der Waals surface area contributed by atoms with Crippen molar-refractivity contribution in [2.24, 2.45) is 0 Å². The van der Waals surface area contributed by atoms with Crippen LogP contribution >= 0.6 is 0 Å². The van der Waals surface area contributed by atoms with Crippen LogP contribution in [0.5, 0.6) is 0 Å². The van der Waals surface area contributed by atoms with Crippen LogP contribution in [0.4, 0.5) is 0 Å². The van der Waals surface area contributed by atoms with Gasteiger partial charge in [-0.05, 0) is 18.6 Å². The molecule has 0 aliphatic carbocycles. The van der Waals surface area contributed by atoms with Gasteiger partial charge in [-0.1, -0.05) is 12.1 Å². The van der Waals surface area contributed by atoms with Crippen LogP contribution in [0.1, 0.15) is 11.6 Å². The lowest BCUT2D eigenvalue weighted by molar-refractivity contribution is -0.0283. The van der Waals surface area contributed by atoms with Crippen LogP contribution in [-0.4, -0.2) is 23.0 Å². The van der Waals surface area contributed by atoms with E-state index in [1.54, 1.807) is 0 Å². The summed E-state index contributed by atoms with van der Waals surface area (Å²) in [5.74, 6) is 0. The largest absolute Gasteiger partial charge is 0.377 e. The quantitative estimate of drug-likeness (QED) is 0.683. The zero-order valence-corrected chi connectivity index (χ0v) is 8.10. The van der Waals surface area contributed by atoms with Gasteiger partial charge < -0.3 is 4.74 Å². The van der Waals surface area contributed by atoms with E-state index in [0.29, 0.717) is 6.04 Å². The van der Waals surface area contributed by atoms with Gasteiger partial charge in [0.1, 0.15) is 0 Å². The third kappa shape index (κ3) is 1.06. The topological polar surface area (TPSA) is 27.1 Å². The third-order valence-corrected chi connectivity index (χ3v) is 2.78. The first-order chi connectivity index (χ1) is 6.84. The average Bonchev–Trinajstić information content (AvgIpc) is 2.46. The monoisotopic (exact) mass is 188 g/mol. The molecule has 1 aliphatic heterocycles. The van der Waals surface area contributed by atoms with Crippen LogP contribution in [0, 0.1) is 6.92 Å². The Bertz CT molecular complexity index is 471. The fourth-order valence-corrected chi connectivity index (χ4v) is 1.77. The lowest BCUT2D eigenvalue weighted by atomic mass is 10.1. The molecule has 0 N–H and O–H groups in total. The molecule has 3 rings (SSSR count). The highest BCUT2D eigenvalue weighted by Gasteiger charge is 2.21. The summed E-state index contributed by atoms with van der Waals surface area (Å²) in [6.45, 7) is 3.71. The number of hydrogen-bond donors (Lipinski definition) is 0. The third-order valence-electron chi connectivity index (χ3n) is 2.78. The van der Waals surface area contributed by atoms with Crippen molar-refractivity contribution in [3.63, 3.8) is 0 Å². The Balaban J connectivity index is 2.15. The van der Waals surface area contributed by atoms with Gasteiger partial charge in [0, 0.05) is 11.6 Å². The Kier molecular flexibility index (Phi) is 1.61. The van der Waals surface area contributed by atoms with Crippen molar-refractivity contribution in [1.29, 1.82) is 0 Å². The van der Waals surface area contributed by atoms with Crippen molar-refractivity contribution in [1.82, 2.24) is 9.78 Å². The minimum atomic E-state index is 0.446. The lowest BCUT2D eigenvalue weighted by Crippen LogP contribution is -2.30. The van der Waals surface area contributed by atoms with Crippen LogP contribution in [-0.2, 0) is 4.74 Å². The molecule has 14 heavy (non-hydrogen) atoms. The molecule has 1 aromatic heterocycles. The molecule has 0 unspecified atom stereocenters. The highest BCUT2D eigenvalue weighted by atomic mass is 16.5. The van der Waals surface area contributed by atoms with E-state index in [2.05, 4.69) is 30.4 Å². The first-order valence-electron chi connectivity index (χ1n) is 4.87. The van der Waals surface area contributed by atoms with E-state index < -0.39 is 0 Å². The van der Waals surface area contributed by atoms with Crippen LogP contribution in [0.15, 0.2) is 24.4 Å². The van der Waals surface area contributed by atoms with Gasteiger partial charge in [0.15, 0.2) is 0 Å². The number of aromatic nitrogens is 2. The molecule has 3 heteroatoms. The van der Waals surface area contributed by atoms with E-state index in [0.717, 1.165) is 18.7 Å². The highest BCUT2D eigenvalue weighted by molar-refractivity contribution is 5.81. The summed E-state index contributed by atoms with van der Waals surface area (Å²) >= 11 is 0. The standard InChI is InChI=1S/C11H12N2O/c1-8-3-2-4-11-10(8)5-13(12-11)9-6-14-7-9/h2-5,9H,6-7H2,1H3. The molecule has 2 heterocycles. The van der Waals surface area contributed by atoms with Crippen molar-refractivity contribution < 1.29 is 4.74 Å². The molecule has 1 saturated heterocycles. The fourth-order valence-electron chi connectivity index (χ4n) is 1.77. The Morgan fingerprint density at radius 2 is 2.29 bits per heavy atom. The van der Waals surface area contributed by atoms with Gasteiger partial charge in [-0.3, -0.25) is 4.68 Å². The zero-order chi connectivity index (χ0) is 9.54. The molecule has 2 aromatic rings. The Morgan fingerprint density at radius 3 is 2.93 bits per heavy atom. The summed E-state index contributed by atoms with van der Waals surface area (Å²) in [4.78, 5) is 0. The van der Waals surface area contributed by atoms with Gasteiger partial charge in [-0.25, -0.2) is 0 Å². The SMILES string of the molecule is Cc1cccc2nn(C3COC3)cc12. The molecule has 0 saturated carbocycles. The first kappa shape index (κ1) is 8.00. The normalized spacial score (nSPS) is 17.2. The van der Waals surface area contributed by atoms with Crippen molar-refractivity contribution in [3.05, 3.63) is 30.0 Å². The molecular formula is C11H12N2O. The zero-order valence-electron chi connectivity index (χ0n) is 8.10. The van der Waals surface area contributed by atoms with E-state index in [1.165, 1.54) is 10.9 Å². The van der Waals surface area contributed by atoms with Gasteiger partial charge in [-0.15, -0.1) is 0 Å². The molecule has 0 amide bonds. The van der Waals surface area contributed by atoms with Crippen molar-refractivity contribution >= 4 is 10.9 Å². The summed E-state index contributed by atoms with van der Waals surface area (Å²) in [5.41, 5.74) is 2.37. The number of nitrogens with zero attached hydrogens (tertiary/aromatic N) is 2. The van der Waals surface area contributed by atoms with Gasteiger partial charge in [0.05, 0.1) is 24.8 Å². The van der Waals surface area contributed by atoms with Crippen molar-refractivity contribution in [2.75, 3.05) is 13.2 Å². The van der Waals surface area contributed by atoms with E-state index in [1.807, 2.05) is 10.7 Å². The predicted octanol–water partition coefficient (Wildman–Crippen LogP) is 1.92. The predicted molar refractivity (Wildman–Crippen MR) is 54.3 cm³/mol. The number of aryl methyl sites for hydroxylation is 1. The first-order valence-corrected chi connectivity index (χ1v) is 4.87. The maximum atomic E-state index is 5.15. The maximum absolute atomic E-state index is 5.15. The summed E-state index contributed by atoms with van der Waals surface area (Å²) in [5, 5.41) is 5.78. The smallest absolute Gasteiger partial charge is 0.0985 e. The second-order valence-corrected chi connectivity index (χ2v) is 3.81. The number of ether oxygens (including phenoxy) is 1. The minimum Gasteiger partial charge on any atom is -0.377 e. The van der Waals surface area contributed by atoms with E-state index >= 15 is 0 Å². The lowest BCUT2D eigenvalue weighted by Gasteiger charge is -2.25. The molecular weight excluding hydrogens is 176 g/mol. The molecule has 0 atom stereocenters. The van der Waals surface area contributed by atoms with Crippen LogP contribution in [0.25, 0.3) is 10.9 Å². The number of hydrogen-bond acceptors (Lipinski definition) is 2. The van der Waals surface area contributed by atoms with Crippen molar-refractivity contribution in [2.45, 2.75) is 13.0 Å². The minimum absolute atomic E-state index is 0.446. The van der Waals surface area contributed by atoms with Gasteiger partial charge in [-0.2, -0.15) is 5.10 Å². The Hall–Kier alpha value is -1.35. The second kappa shape index (κ2) is 2.82. The fraction of sp³-hybridized carbons (Fsp3) is 0.364. The van der Waals surface area contributed by atoms with E-state index in [9.17, 15) is 0 Å². The molecule has 1 aliphatic rings. The van der Waals surface area contributed by atoms with Crippen LogP contribution < -0.4 is 0 Å². The molecule has 1 fully saturated rings.